The average molecular weight is 193 g/mol. The fraction of sp³-hybridized carbons (Fsp3) is 0.846. The zero-order valence-corrected chi connectivity index (χ0v) is 9.17. The van der Waals surface area contributed by atoms with E-state index in [9.17, 15) is 0 Å². The number of hydrogen-bond donors (Lipinski definition) is 1. The standard InChI is InChI=1S/C13H23N/c1-2-5-9-12(8-4-1)14-13-10-6-3-7-11-13/h6,10,12-14H,1-5,7-9,11H2. The Morgan fingerprint density at radius 2 is 1.64 bits per heavy atom. The lowest BCUT2D eigenvalue weighted by Crippen LogP contribution is -2.37. The minimum Gasteiger partial charge on any atom is -0.308 e. The molecular formula is C13H23N. The minimum absolute atomic E-state index is 0.687. The molecule has 0 saturated heterocycles. The van der Waals surface area contributed by atoms with Crippen LogP contribution in [0.1, 0.15) is 57.8 Å². The van der Waals surface area contributed by atoms with E-state index >= 15 is 0 Å². The SMILES string of the molecule is C1=CC(NC2CCCCCC2)CCC1. The highest BCUT2D eigenvalue weighted by atomic mass is 14.9. The Morgan fingerprint density at radius 3 is 2.29 bits per heavy atom. The van der Waals surface area contributed by atoms with Crippen LogP contribution in [0.25, 0.3) is 0 Å². The first-order valence-corrected chi connectivity index (χ1v) is 6.38. The second kappa shape index (κ2) is 5.55. The van der Waals surface area contributed by atoms with E-state index in [2.05, 4.69) is 17.5 Å². The molecule has 1 heteroatoms. The fourth-order valence-corrected chi connectivity index (χ4v) is 2.70. The molecule has 2 rings (SSSR count). The molecule has 80 valence electrons. The third kappa shape index (κ3) is 3.13. The van der Waals surface area contributed by atoms with E-state index in [1.54, 1.807) is 0 Å². The van der Waals surface area contributed by atoms with Crippen LogP contribution in [0, 0.1) is 0 Å². The van der Waals surface area contributed by atoms with Crippen LogP contribution in [0.2, 0.25) is 0 Å². The summed E-state index contributed by atoms with van der Waals surface area (Å²) in [6.07, 6.45) is 17.4. The predicted octanol–water partition coefficient (Wildman–Crippen LogP) is 3.41. The molecule has 0 aromatic carbocycles. The van der Waals surface area contributed by atoms with Crippen LogP contribution in [0.15, 0.2) is 12.2 Å². The molecule has 0 aliphatic heterocycles. The molecule has 2 aliphatic rings. The van der Waals surface area contributed by atoms with E-state index in [-0.39, 0.29) is 0 Å². The summed E-state index contributed by atoms with van der Waals surface area (Å²) >= 11 is 0. The molecule has 1 fully saturated rings. The summed E-state index contributed by atoms with van der Waals surface area (Å²) in [6, 6.07) is 1.50. The van der Waals surface area contributed by atoms with E-state index in [0.29, 0.717) is 6.04 Å². The van der Waals surface area contributed by atoms with Gasteiger partial charge in [0, 0.05) is 12.1 Å². The maximum Gasteiger partial charge on any atom is 0.0252 e. The largest absolute Gasteiger partial charge is 0.308 e. The number of nitrogens with one attached hydrogen (secondary N) is 1. The Bertz CT molecular complexity index is 178. The third-order valence-corrected chi connectivity index (χ3v) is 3.56. The monoisotopic (exact) mass is 193 g/mol. The molecule has 0 amide bonds. The fourth-order valence-electron chi connectivity index (χ4n) is 2.70. The smallest absolute Gasteiger partial charge is 0.0252 e. The molecule has 0 spiro atoms. The molecule has 1 atom stereocenters. The summed E-state index contributed by atoms with van der Waals surface area (Å²) in [5, 5.41) is 3.81. The molecule has 2 aliphatic carbocycles. The Hall–Kier alpha value is -0.300. The van der Waals surface area contributed by atoms with E-state index in [4.69, 9.17) is 0 Å². The van der Waals surface area contributed by atoms with Crippen LogP contribution >= 0.6 is 0 Å². The maximum atomic E-state index is 3.81. The molecule has 1 unspecified atom stereocenters. The van der Waals surface area contributed by atoms with Gasteiger partial charge in [-0.1, -0.05) is 37.8 Å². The molecule has 0 aromatic heterocycles. The lowest BCUT2D eigenvalue weighted by molar-refractivity contribution is 0.404. The molecule has 0 heterocycles. The van der Waals surface area contributed by atoms with Crippen molar-refractivity contribution in [1.29, 1.82) is 0 Å². The van der Waals surface area contributed by atoms with Gasteiger partial charge >= 0.3 is 0 Å². The Morgan fingerprint density at radius 1 is 0.857 bits per heavy atom. The Balaban J connectivity index is 1.76. The zero-order valence-electron chi connectivity index (χ0n) is 9.17. The molecule has 1 N–H and O–H groups in total. The molecule has 14 heavy (non-hydrogen) atoms. The molecule has 1 nitrogen and oxygen atoms in total. The molecule has 1 saturated carbocycles. The van der Waals surface area contributed by atoms with Gasteiger partial charge in [-0.15, -0.1) is 0 Å². The summed E-state index contributed by atoms with van der Waals surface area (Å²) in [5.41, 5.74) is 0. The maximum absolute atomic E-state index is 3.81. The molecule has 0 aromatic rings. The van der Waals surface area contributed by atoms with E-state index in [1.165, 1.54) is 57.8 Å². The van der Waals surface area contributed by atoms with Gasteiger partial charge < -0.3 is 5.32 Å². The number of hydrogen-bond acceptors (Lipinski definition) is 1. The van der Waals surface area contributed by atoms with Crippen LogP contribution in [0.4, 0.5) is 0 Å². The highest BCUT2D eigenvalue weighted by molar-refractivity contribution is 4.98. The molecule has 0 bridgehead atoms. The first kappa shape index (κ1) is 10.2. The van der Waals surface area contributed by atoms with Gasteiger partial charge in [0.25, 0.3) is 0 Å². The van der Waals surface area contributed by atoms with Crippen LogP contribution in [-0.4, -0.2) is 12.1 Å². The van der Waals surface area contributed by atoms with Crippen LogP contribution in [0.3, 0.4) is 0 Å². The topological polar surface area (TPSA) is 12.0 Å². The minimum atomic E-state index is 0.687. The zero-order chi connectivity index (χ0) is 9.64. The van der Waals surface area contributed by atoms with Gasteiger partial charge in [0.15, 0.2) is 0 Å². The van der Waals surface area contributed by atoms with Crippen molar-refractivity contribution in [2.45, 2.75) is 69.9 Å². The van der Waals surface area contributed by atoms with Gasteiger partial charge in [-0.25, -0.2) is 0 Å². The normalized spacial score (nSPS) is 30.1. The summed E-state index contributed by atoms with van der Waals surface area (Å²) in [6.45, 7) is 0. The summed E-state index contributed by atoms with van der Waals surface area (Å²) in [7, 11) is 0. The van der Waals surface area contributed by atoms with Crippen molar-refractivity contribution in [3.63, 3.8) is 0 Å². The van der Waals surface area contributed by atoms with Crippen molar-refractivity contribution in [2.75, 3.05) is 0 Å². The Kier molecular flexibility index (Phi) is 4.05. The van der Waals surface area contributed by atoms with E-state index in [1.807, 2.05) is 0 Å². The van der Waals surface area contributed by atoms with Crippen molar-refractivity contribution in [1.82, 2.24) is 5.32 Å². The van der Waals surface area contributed by atoms with Gasteiger partial charge in [-0.05, 0) is 32.1 Å². The van der Waals surface area contributed by atoms with Crippen LogP contribution in [0.5, 0.6) is 0 Å². The van der Waals surface area contributed by atoms with Crippen molar-refractivity contribution < 1.29 is 0 Å². The predicted molar refractivity (Wildman–Crippen MR) is 61.4 cm³/mol. The van der Waals surface area contributed by atoms with Crippen LogP contribution < -0.4 is 5.32 Å². The van der Waals surface area contributed by atoms with Gasteiger partial charge in [0.2, 0.25) is 0 Å². The second-order valence-electron chi connectivity index (χ2n) is 4.82. The van der Waals surface area contributed by atoms with Crippen molar-refractivity contribution in [3.05, 3.63) is 12.2 Å². The summed E-state index contributed by atoms with van der Waals surface area (Å²) in [5.74, 6) is 0. The summed E-state index contributed by atoms with van der Waals surface area (Å²) < 4.78 is 0. The van der Waals surface area contributed by atoms with Crippen molar-refractivity contribution >= 4 is 0 Å². The number of rotatable bonds is 2. The quantitative estimate of drug-likeness (QED) is 0.523. The average Bonchev–Trinajstić information content (AvgIpc) is 2.48. The highest BCUT2D eigenvalue weighted by Crippen LogP contribution is 2.19. The van der Waals surface area contributed by atoms with Crippen LogP contribution in [-0.2, 0) is 0 Å². The third-order valence-electron chi connectivity index (χ3n) is 3.56. The van der Waals surface area contributed by atoms with Gasteiger partial charge in [-0.3, -0.25) is 0 Å². The van der Waals surface area contributed by atoms with Crippen molar-refractivity contribution in [3.8, 4) is 0 Å². The van der Waals surface area contributed by atoms with Gasteiger partial charge in [-0.2, -0.15) is 0 Å². The Labute approximate surface area is 88.0 Å². The molecular weight excluding hydrogens is 170 g/mol. The van der Waals surface area contributed by atoms with E-state index in [0.717, 1.165) is 6.04 Å². The first-order chi connectivity index (χ1) is 6.95. The lowest BCUT2D eigenvalue weighted by Gasteiger charge is -2.24. The lowest BCUT2D eigenvalue weighted by atomic mass is 10.0. The first-order valence-electron chi connectivity index (χ1n) is 6.38. The van der Waals surface area contributed by atoms with Crippen molar-refractivity contribution in [2.24, 2.45) is 0 Å². The number of allylic oxidation sites excluding steroid dienone is 1. The highest BCUT2D eigenvalue weighted by Gasteiger charge is 2.16. The molecule has 0 radical (unpaired) electrons. The summed E-state index contributed by atoms with van der Waals surface area (Å²) in [4.78, 5) is 0. The van der Waals surface area contributed by atoms with Gasteiger partial charge in [0.05, 0.1) is 0 Å². The van der Waals surface area contributed by atoms with Gasteiger partial charge in [0.1, 0.15) is 0 Å². The van der Waals surface area contributed by atoms with E-state index < -0.39 is 0 Å². The second-order valence-corrected chi connectivity index (χ2v) is 4.82.